The van der Waals surface area contributed by atoms with Crippen LogP contribution in [0.4, 0.5) is 0 Å². The van der Waals surface area contributed by atoms with Crippen molar-refractivity contribution in [3.63, 3.8) is 0 Å². The van der Waals surface area contributed by atoms with Crippen molar-refractivity contribution in [2.24, 2.45) is 0 Å². The third-order valence-electron chi connectivity index (χ3n) is 3.68. The number of rotatable bonds is 7. The van der Waals surface area contributed by atoms with E-state index in [9.17, 15) is 0 Å². The van der Waals surface area contributed by atoms with Gasteiger partial charge in [0.1, 0.15) is 12.4 Å². The largest absolute Gasteiger partial charge is 1.00 e. The number of pyridine rings is 1. The first-order valence-corrected chi connectivity index (χ1v) is 8.24. The van der Waals surface area contributed by atoms with E-state index in [1.54, 1.807) is 6.20 Å². The Morgan fingerprint density at radius 2 is 1.64 bits per heavy atom. The zero-order valence-corrected chi connectivity index (χ0v) is 15.2. The average Bonchev–Trinajstić information content (AvgIpc) is 2.63. The molecule has 0 bridgehead atoms. The molecule has 0 spiro atoms. The van der Waals surface area contributed by atoms with Crippen LogP contribution < -0.4 is 22.5 Å². The molecule has 130 valence electrons. The fourth-order valence-electron chi connectivity index (χ4n) is 2.41. The van der Waals surface area contributed by atoms with Crippen molar-refractivity contribution in [3.8, 4) is 5.75 Å². The normalized spacial score (nSPS) is 10.1. The molecular weight excluding hydrogens is 355 g/mol. The zero-order chi connectivity index (χ0) is 16.6. The molecule has 3 aromatic rings. The van der Waals surface area contributed by atoms with Gasteiger partial charge in [-0.1, -0.05) is 54.1 Å². The Labute approximate surface area is 159 Å². The quantitative estimate of drug-likeness (QED) is 0.683. The predicted molar refractivity (Wildman–Crippen MR) is 97.0 cm³/mol. The van der Waals surface area contributed by atoms with Gasteiger partial charge in [-0.2, -0.15) is 0 Å². The minimum Gasteiger partial charge on any atom is -1.00 e. The van der Waals surface area contributed by atoms with Gasteiger partial charge < -0.3 is 22.5 Å². The van der Waals surface area contributed by atoms with Gasteiger partial charge in [-0.05, 0) is 23.8 Å². The Kier molecular flexibility index (Phi) is 7.74. The van der Waals surface area contributed by atoms with Gasteiger partial charge in [0.2, 0.25) is 0 Å². The number of nitrogens with zero attached hydrogens (tertiary/aromatic N) is 1. The molecule has 1 aromatic heterocycles. The van der Waals surface area contributed by atoms with Gasteiger partial charge in [-0.15, -0.1) is 0 Å². The number of nitrogens with one attached hydrogen (secondary N) is 1. The summed E-state index contributed by atoms with van der Waals surface area (Å²) in [5, 5.41) is 4.15. The molecule has 1 heterocycles. The second-order valence-corrected chi connectivity index (χ2v) is 5.86. The van der Waals surface area contributed by atoms with Crippen molar-refractivity contribution < 1.29 is 17.1 Å². The van der Waals surface area contributed by atoms with Gasteiger partial charge in [0.05, 0.1) is 0 Å². The van der Waals surface area contributed by atoms with Crippen molar-refractivity contribution in [2.45, 2.75) is 19.7 Å². The van der Waals surface area contributed by atoms with Crippen LogP contribution >= 0.6 is 11.6 Å². The van der Waals surface area contributed by atoms with Crippen molar-refractivity contribution in [3.05, 3.63) is 94.8 Å². The molecule has 0 fully saturated rings. The van der Waals surface area contributed by atoms with Crippen LogP contribution in [0.1, 0.15) is 16.7 Å². The highest BCUT2D eigenvalue weighted by Gasteiger charge is 2.05. The molecule has 5 heteroatoms. The summed E-state index contributed by atoms with van der Waals surface area (Å²) in [7, 11) is 0. The molecule has 2 aromatic carbocycles. The number of hydrogen-bond donors (Lipinski definition) is 1. The lowest BCUT2D eigenvalue weighted by Crippen LogP contribution is -3.00. The molecule has 0 radical (unpaired) electrons. The standard InChI is InChI=1S/C20H19ClN2O.ClH/c21-19-9-3-1-8-18(19)15-24-20-10-4-2-7-17(20)14-23-13-16-6-5-11-22-12-16;/h1-12,23H,13-15H2;1H/p-1. The third kappa shape index (κ3) is 5.75. The van der Waals surface area contributed by atoms with Gasteiger partial charge in [0.25, 0.3) is 0 Å². The van der Waals surface area contributed by atoms with E-state index < -0.39 is 0 Å². The number of halogens is 2. The number of hydrogen-bond acceptors (Lipinski definition) is 3. The summed E-state index contributed by atoms with van der Waals surface area (Å²) in [4.78, 5) is 4.12. The Bertz CT molecular complexity index is 781. The highest BCUT2D eigenvalue weighted by Crippen LogP contribution is 2.22. The number of aromatic nitrogens is 1. The molecule has 0 atom stereocenters. The molecule has 0 unspecified atom stereocenters. The smallest absolute Gasteiger partial charge is 0.124 e. The molecule has 0 aliphatic rings. The van der Waals surface area contributed by atoms with Crippen molar-refractivity contribution in [1.29, 1.82) is 0 Å². The molecule has 0 amide bonds. The summed E-state index contributed by atoms with van der Waals surface area (Å²) in [6, 6.07) is 19.8. The molecule has 0 saturated heterocycles. The van der Waals surface area contributed by atoms with Gasteiger partial charge in [0, 0.05) is 41.6 Å². The molecule has 0 saturated carbocycles. The summed E-state index contributed by atoms with van der Waals surface area (Å²) in [6.45, 7) is 1.96. The van der Waals surface area contributed by atoms with Crippen molar-refractivity contribution >= 4 is 11.6 Å². The monoisotopic (exact) mass is 373 g/mol. The second-order valence-electron chi connectivity index (χ2n) is 5.45. The predicted octanol–water partition coefficient (Wildman–Crippen LogP) is 1.61. The minimum absolute atomic E-state index is 0. The van der Waals surface area contributed by atoms with Gasteiger partial charge in [0.15, 0.2) is 0 Å². The summed E-state index contributed by atoms with van der Waals surface area (Å²) in [6.07, 6.45) is 3.65. The SMILES string of the molecule is Clc1ccccc1COc1ccccc1CNCc1cccnc1.[Cl-]. The molecule has 3 nitrogen and oxygen atoms in total. The first-order chi connectivity index (χ1) is 11.8. The fourth-order valence-corrected chi connectivity index (χ4v) is 2.60. The van der Waals surface area contributed by atoms with E-state index in [4.69, 9.17) is 16.3 Å². The Balaban J connectivity index is 0.00000225. The second kappa shape index (κ2) is 10.0. The van der Waals surface area contributed by atoms with E-state index in [0.717, 1.165) is 40.6 Å². The summed E-state index contributed by atoms with van der Waals surface area (Å²) < 4.78 is 5.97. The van der Waals surface area contributed by atoms with Crippen molar-refractivity contribution in [1.82, 2.24) is 10.3 Å². The van der Waals surface area contributed by atoms with Crippen LogP contribution in [0.5, 0.6) is 5.75 Å². The van der Waals surface area contributed by atoms with Gasteiger partial charge in [-0.25, -0.2) is 0 Å². The third-order valence-corrected chi connectivity index (χ3v) is 4.05. The van der Waals surface area contributed by atoms with E-state index in [0.29, 0.717) is 6.61 Å². The highest BCUT2D eigenvalue weighted by molar-refractivity contribution is 6.31. The van der Waals surface area contributed by atoms with Crippen LogP contribution in [-0.2, 0) is 19.7 Å². The van der Waals surface area contributed by atoms with E-state index in [1.807, 2.05) is 54.7 Å². The number of para-hydroxylation sites is 1. The van der Waals surface area contributed by atoms with E-state index in [1.165, 1.54) is 0 Å². The van der Waals surface area contributed by atoms with Crippen LogP contribution in [0.25, 0.3) is 0 Å². The topological polar surface area (TPSA) is 34.1 Å². The van der Waals surface area contributed by atoms with Crippen molar-refractivity contribution in [2.75, 3.05) is 0 Å². The van der Waals surface area contributed by atoms with E-state index in [-0.39, 0.29) is 12.4 Å². The lowest BCUT2D eigenvalue weighted by Gasteiger charge is -2.13. The lowest BCUT2D eigenvalue weighted by molar-refractivity contribution is -0.00000513. The fraction of sp³-hybridized carbons (Fsp3) is 0.150. The Morgan fingerprint density at radius 1 is 0.880 bits per heavy atom. The highest BCUT2D eigenvalue weighted by atomic mass is 35.5. The average molecular weight is 374 g/mol. The maximum atomic E-state index is 6.18. The minimum atomic E-state index is 0. The first-order valence-electron chi connectivity index (χ1n) is 7.86. The van der Waals surface area contributed by atoms with Crippen LogP contribution in [0, 0.1) is 0 Å². The first kappa shape index (κ1) is 19.3. The molecule has 3 rings (SSSR count). The van der Waals surface area contributed by atoms with Crippen LogP contribution in [0.2, 0.25) is 5.02 Å². The molecule has 0 aliphatic heterocycles. The van der Waals surface area contributed by atoms with E-state index in [2.05, 4.69) is 22.4 Å². The maximum Gasteiger partial charge on any atom is 0.124 e. The molecule has 1 N–H and O–H groups in total. The van der Waals surface area contributed by atoms with Crippen LogP contribution in [-0.4, -0.2) is 4.98 Å². The molecule has 25 heavy (non-hydrogen) atoms. The Hall–Kier alpha value is -2.07. The molecular formula is C20H19Cl2N2O-. The Morgan fingerprint density at radius 3 is 2.40 bits per heavy atom. The summed E-state index contributed by atoms with van der Waals surface area (Å²) in [5.41, 5.74) is 3.26. The lowest BCUT2D eigenvalue weighted by atomic mass is 10.2. The summed E-state index contributed by atoms with van der Waals surface area (Å²) in [5.74, 6) is 0.871. The van der Waals surface area contributed by atoms with Gasteiger partial charge in [-0.3, -0.25) is 4.98 Å². The molecule has 0 aliphatic carbocycles. The van der Waals surface area contributed by atoms with E-state index >= 15 is 0 Å². The zero-order valence-electron chi connectivity index (χ0n) is 13.7. The van der Waals surface area contributed by atoms with Gasteiger partial charge >= 0.3 is 0 Å². The van der Waals surface area contributed by atoms with Crippen LogP contribution in [0.3, 0.4) is 0 Å². The number of ether oxygens (including phenoxy) is 1. The summed E-state index contributed by atoms with van der Waals surface area (Å²) >= 11 is 6.18. The van der Waals surface area contributed by atoms with Crippen LogP contribution in [0.15, 0.2) is 73.1 Å². The number of benzene rings is 2. The maximum absolute atomic E-state index is 6.18.